The highest BCUT2D eigenvalue weighted by Crippen LogP contribution is 2.05. The van der Waals surface area contributed by atoms with Gasteiger partial charge in [-0.1, -0.05) is 6.08 Å². The van der Waals surface area contributed by atoms with E-state index in [1.165, 1.54) is 6.07 Å². The first kappa shape index (κ1) is 11.2. The minimum atomic E-state index is -0.576. The maximum atomic E-state index is 10.7. The van der Waals surface area contributed by atoms with E-state index < -0.39 is 5.91 Å². The predicted molar refractivity (Wildman–Crippen MR) is 58.4 cm³/mol. The van der Waals surface area contributed by atoms with Crippen LogP contribution in [0.25, 0.3) is 0 Å². The van der Waals surface area contributed by atoms with Crippen molar-refractivity contribution in [2.24, 2.45) is 5.73 Å². The molecule has 1 aromatic rings. The van der Waals surface area contributed by atoms with Crippen molar-refractivity contribution in [1.82, 2.24) is 10.2 Å². The van der Waals surface area contributed by atoms with Gasteiger partial charge in [-0.3, -0.25) is 4.79 Å². The molecule has 0 aliphatic heterocycles. The largest absolute Gasteiger partial charge is 0.366 e. The van der Waals surface area contributed by atoms with Gasteiger partial charge in [-0.15, -0.1) is 16.8 Å². The number of aromatic nitrogens is 2. The molecule has 5 nitrogen and oxygen atoms in total. The van der Waals surface area contributed by atoms with Gasteiger partial charge < -0.3 is 11.1 Å². The summed E-state index contributed by atoms with van der Waals surface area (Å²) in [6, 6.07) is 3.45. The Bertz CT molecular complexity index is 347. The van der Waals surface area contributed by atoms with Crippen molar-refractivity contribution in [2.75, 3.05) is 5.32 Å². The number of carbonyl (C=O) groups excluding carboxylic acids is 1. The van der Waals surface area contributed by atoms with E-state index in [1.807, 2.05) is 13.0 Å². The third kappa shape index (κ3) is 3.38. The summed E-state index contributed by atoms with van der Waals surface area (Å²) in [5, 5.41) is 10.6. The molecule has 1 atom stereocenters. The lowest BCUT2D eigenvalue weighted by atomic mass is 10.2. The molecule has 1 rings (SSSR count). The number of anilines is 1. The minimum absolute atomic E-state index is 0.164. The van der Waals surface area contributed by atoms with Crippen molar-refractivity contribution in [3.8, 4) is 0 Å². The highest BCUT2D eigenvalue weighted by Gasteiger charge is 2.04. The number of primary amides is 1. The van der Waals surface area contributed by atoms with Crippen molar-refractivity contribution < 1.29 is 4.79 Å². The Morgan fingerprint density at radius 3 is 2.87 bits per heavy atom. The standard InChI is InChI=1S/C10H14N4O/c1-3-4-7(2)12-9-6-5-8(10(11)15)13-14-9/h3,5-7H,1,4H2,2H3,(H2,11,15)(H,12,14). The van der Waals surface area contributed by atoms with Crippen LogP contribution in [0.3, 0.4) is 0 Å². The third-order valence-corrected chi connectivity index (χ3v) is 1.83. The van der Waals surface area contributed by atoms with Crippen LogP contribution < -0.4 is 11.1 Å². The summed E-state index contributed by atoms with van der Waals surface area (Å²) in [5.41, 5.74) is 5.20. The Balaban J connectivity index is 2.64. The smallest absolute Gasteiger partial charge is 0.269 e. The van der Waals surface area contributed by atoms with E-state index in [2.05, 4.69) is 22.1 Å². The molecule has 3 N–H and O–H groups in total. The first-order chi connectivity index (χ1) is 7.13. The van der Waals surface area contributed by atoms with E-state index in [0.717, 1.165) is 6.42 Å². The highest BCUT2D eigenvalue weighted by atomic mass is 16.1. The van der Waals surface area contributed by atoms with Crippen LogP contribution in [0.2, 0.25) is 0 Å². The van der Waals surface area contributed by atoms with Gasteiger partial charge in [0.1, 0.15) is 5.82 Å². The molecule has 0 spiro atoms. The van der Waals surface area contributed by atoms with Gasteiger partial charge in [-0.2, -0.15) is 0 Å². The maximum absolute atomic E-state index is 10.7. The van der Waals surface area contributed by atoms with E-state index in [9.17, 15) is 4.79 Å². The number of nitrogens with zero attached hydrogens (tertiary/aromatic N) is 2. The number of hydrogen-bond donors (Lipinski definition) is 2. The van der Waals surface area contributed by atoms with Gasteiger partial charge in [0.2, 0.25) is 0 Å². The van der Waals surface area contributed by atoms with E-state index in [-0.39, 0.29) is 11.7 Å². The zero-order valence-corrected chi connectivity index (χ0v) is 8.60. The van der Waals surface area contributed by atoms with Gasteiger partial charge in [0.25, 0.3) is 5.91 Å². The fourth-order valence-electron chi connectivity index (χ4n) is 1.10. The average molecular weight is 206 g/mol. The number of nitrogens with one attached hydrogen (secondary N) is 1. The van der Waals surface area contributed by atoms with Crippen molar-refractivity contribution in [3.05, 3.63) is 30.5 Å². The van der Waals surface area contributed by atoms with Gasteiger partial charge >= 0.3 is 0 Å². The molecule has 0 bridgehead atoms. The minimum Gasteiger partial charge on any atom is -0.366 e. The molecule has 0 saturated carbocycles. The van der Waals surface area contributed by atoms with Crippen LogP contribution in [0.15, 0.2) is 24.8 Å². The fraction of sp³-hybridized carbons (Fsp3) is 0.300. The second-order valence-electron chi connectivity index (χ2n) is 3.24. The quantitative estimate of drug-likeness (QED) is 0.703. The fourth-order valence-corrected chi connectivity index (χ4v) is 1.10. The van der Waals surface area contributed by atoms with Crippen molar-refractivity contribution in [1.29, 1.82) is 0 Å². The van der Waals surface area contributed by atoms with E-state index in [0.29, 0.717) is 5.82 Å². The molecule has 80 valence electrons. The molecular formula is C10H14N4O. The van der Waals surface area contributed by atoms with Crippen LogP contribution in [0.5, 0.6) is 0 Å². The molecule has 15 heavy (non-hydrogen) atoms. The zero-order valence-electron chi connectivity index (χ0n) is 8.60. The van der Waals surface area contributed by atoms with Crippen LogP contribution >= 0.6 is 0 Å². The number of nitrogens with two attached hydrogens (primary N) is 1. The van der Waals surface area contributed by atoms with Crippen LogP contribution in [-0.4, -0.2) is 22.1 Å². The molecule has 0 aliphatic rings. The predicted octanol–water partition coefficient (Wildman–Crippen LogP) is 0.952. The Labute approximate surface area is 88.4 Å². The molecular weight excluding hydrogens is 192 g/mol. The first-order valence-electron chi connectivity index (χ1n) is 4.64. The molecule has 5 heteroatoms. The molecule has 0 saturated heterocycles. The maximum Gasteiger partial charge on any atom is 0.269 e. The van der Waals surface area contributed by atoms with Gasteiger partial charge in [0.05, 0.1) is 0 Å². The van der Waals surface area contributed by atoms with Crippen molar-refractivity contribution in [2.45, 2.75) is 19.4 Å². The highest BCUT2D eigenvalue weighted by molar-refractivity contribution is 5.90. The summed E-state index contributed by atoms with van der Waals surface area (Å²) >= 11 is 0. The molecule has 1 amide bonds. The second kappa shape index (κ2) is 5.09. The summed E-state index contributed by atoms with van der Waals surface area (Å²) in [4.78, 5) is 10.7. The molecule has 0 radical (unpaired) electrons. The molecule has 0 fully saturated rings. The molecule has 1 heterocycles. The number of hydrogen-bond acceptors (Lipinski definition) is 4. The van der Waals surface area contributed by atoms with Crippen molar-refractivity contribution in [3.63, 3.8) is 0 Å². The Morgan fingerprint density at radius 1 is 1.67 bits per heavy atom. The van der Waals surface area contributed by atoms with E-state index >= 15 is 0 Å². The zero-order chi connectivity index (χ0) is 11.3. The molecule has 1 aromatic heterocycles. The number of rotatable bonds is 5. The Kier molecular flexibility index (Phi) is 3.79. The monoisotopic (exact) mass is 206 g/mol. The van der Waals surface area contributed by atoms with E-state index in [1.54, 1.807) is 6.07 Å². The summed E-state index contributed by atoms with van der Waals surface area (Å²) in [6.07, 6.45) is 2.65. The number of amides is 1. The topological polar surface area (TPSA) is 80.9 Å². The van der Waals surface area contributed by atoms with Crippen molar-refractivity contribution >= 4 is 11.7 Å². The Morgan fingerprint density at radius 2 is 2.40 bits per heavy atom. The third-order valence-electron chi connectivity index (χ3n) is 1.83. The summed E-state index contributed by atoms with van der Waals surface area (Å²) in [5.74, 6) is 0.0440. The summed E-state index contributed by atoms with van der Waals surface area (Å²) in [7, 11) is 0. The van der Waals surface area contributed by atoms with Crippen LogP contribution in [0.1, 0.15) is 23.8 Å². The molecule has 0 aromatic carbocycles. The van der Waals surface area contributed by atoms with Gasteiger partial charge in [0.15, 0.2) is 5.69 Å². The molecule has 1 unspecified atom stereocenters. The number of carbonyl (C=O) groups is 1. The van der Waals surface area contributed by atoms with Gasteiger partial charge in [-0.05, 0) is 25.5 Å². The average Bonchev–Trinajstić information content (AvgIpc) is 2.18. The van der Waals surface area contributed by atoms with Crippen LogP contribution in [-0.2, 0) is 0 Å². The lowest BCUT2D eigenvalue weighted by Gasteiger charge is -2.11. The molecule has 0 aliphatic carbocycles. The van der Waals surface area contributed by atoms with Gasteiger partial charge in [-0.25, -0.2) is 0 Å². The SMILES string of the molecule is C=CCC(C)Nc1ccc(C(N)=O)nn1. The van der Waals surface area contributed by atoms with Crippen LogP contribution in [0.4, 0.5) is 5.82 Å². The normalized spacial score (nSPS) is 11.8. The summed E-state index contributed by atoms with van der Waals surface area (Å²) < 4.78 is 0. The second-order valence-corrected chi connectivity index (χ2v) is 3.24. The lowest BCUT2D eigenvalue weighted by Crippen LogP contribution is -2.17. The van der Waals surface area contributed by atoms with E-state index in [4.69, 9.17) is 5.73 Å². The lowest BCUT2D eigenvalue weighted by molar-refractivity contribution is 0.0994. The Hall–Kier alpha value is -1.91. The van der Waals surface area contributed by atoms with Crippen LogP contribution in [0, 0.1) is 0 Å². The van der Waals surface area contributed by atoms with Gasteiger partial charge in [0, 0.05) is 6.04 Å². The first-order valence-corrected chi connectivity index (χ1v) is 4.64. The summed E-state index contributed by atoms with van der Waals surface area (Å²) in [6.45, 7) is 5.65.